The van der Waals surface area contributed by atoms with Gasteiger partial charge in [-0.1, -0.05) is 23.7 Å². The predicted molar refractivity (Wildman–Crippen MR) is 88.1 cm³/mol. The Morgan fingerprint density at radius 3 is 2.95 bits per heavy atom. The van der Waals surface area contributed by atoms with E-state index in [1.54, 1.807) is 24.3 Å². The first kappa shape index (κ1) is 14.4. The Balaban J connectivity index is 1.62. The highest BCUT2D eigenvalue weighted by Crippen LogP contribution is 2.15. The van der Waals surface area contributed by atoms with E-state index in [1.165, 1.54) is 0 Å². The summed E-state index contributed by atoms with van der Waals surface area (Å²) in [5, 5.41) is 6.13. The lowest BCUT2D eigenvalue weighted by Crippen LogP contribution is -2.28. The Morgan fingerprint density at radius 2 is 2.14 bits per heavy atom. The molecule has 2 amide bonds. The highest BCUT2D eigenvalue weighted by atomic mass is 35.5. The van der Waals surface area contributed by atoms with Crippen LogP contribution in [0, 0.1) is 6.92 Å². The van der Waals surface area contributed by atoms with Gasteiger partial charge in [-0.05, 0) is 42.8 Å². The number of amides is 2. The second kappa shape index (κ2) is 6.07. The van der Waals surface area contributed by atoms with E-state index < -0.39 is 0 Å². The molecule has 112 valence electrons. The van der Waals surface area contributed by atoms with E-state index in [0.717, 1.165) is 22.4 Å². The molecule has 3 N–H and O–H groups in total. The molecule has 0 unspecified atom stereocenters. The van der Waals surface area contributed by atoms with Gasteiger partial charge in [0.05, 0.1) is 11.0 Å². The van der Waals surface area contributed by atoms with Crippen molar-refractivity contribution in [2.45, 2.75) is 13.5 Å². The van der Waals surface area contributed by atoms with Gasteiger partial charge < -0.3 is 15.6 Å². The number of hydrogen-bond donors (Lipinski definition) is 3. The fourth-order valence-electron chi connectivity index (χ4n) is 2.22. The van der Waals surface area contributed by atoms with Crippen molar-refractivity contribution in [2.24, 2.45) is 0 Å². The highest BCUT2D eigenvalue weighted by molar-refractivity contribution is 6.30. The van der Waals surface area contributed by atoms with E-state index in [1.807, 2.05) is 25.1 Å². The monoisotopic (exact) mass is 314 g/mol. The SMILES string of the molecule is Cc1nc2ccc(CNC(=O)Nc3cccc(Cl)c3)cc2[nH]1. The first-order chi connectivity index (χ1) is 10.6. The van der Waals surface area contributed by atoms with E-state index in [4.69, 9.17) is 11.6 Å². The molecule has 6 heteroatoms. The molecular formula is C16H15ClN4O. The lowest BCUT2D eigenvalue weighted by Gasteiger charge is -2.08. The van der Waals surface area contributed by atoms with Crippen molar-refractivity contribution < 1.29 is 4.79 Å². The summed E-state index contributed by atoms with van der Waals surface area (Å²) in [5.74, 6) is 0.874. The zero-order chi connectivity index (χ0) is 15.5. The zero-order valence-electron chi connectivity index (χ0n) is 12.0. The Labute approximate surface area is 132 Å². The van der Waals surface area contributed by atoms with Crippen molar-refractivity contribution in [3.63, 3.8) is 0 Å². The zero-order valence-corrected chi connectivity index (χ0v) is 12.7. The third kappa shape index (κ3) is 3.38. The Bertz CT molecular complexity index is 828. The molecule has 0 bridgehead atoms. The summed E-state index contributed by atoms with van der Waals surface area (Å²) in [6.07, 6.45) is 0. The predicted octanol–water partition coefficient (Wildman–Crippen LogP) is 3.85. The molecule has 0 aliphatic heterocycles. The van der Waals surface area contributed by atoms with Crippen LogP contribution < -0.4 is 10.6 Å². The number of aromatic amines is 1. The second-order valence-electron chi connectivity index (χ2n) is 4.99. The number of aromatic nitrogens is 2. The second-order valence-corrected chi connectivity index (χ2v) is 5.43. The normalized spacial score (nSPS) is 10.6. The van der Waals surface area contributed by atoms with Gasteiger partial charge >= 0.3 is 6.03 Å². The maximum absolute atomic E-state index is 11.9. The van der Waals surface area contributed by atoms with Gasteiger partial charge in [-0.3, -0.25) is 0 Å². The van der Waals surface area contributed by atoms with Crippen molar-refractivity contribution in [3.8, 4) is 0 Å². The third-order valence-corrected chi connectivity index (χ3v) is 3.44. The number of carbonyl (C=O) groups excluding carboxylic acids is 1. The molecule has 0 atom stereocenters. The number of H-pyrrole nitrogens is 1. The molecule has 1 heterocycles. The molecule has 0 saturated carbocycles. The van der Waals surface area contributed by atoms with Gasteiger partial charge in [-0.2, -0.15) is 0 Å². The number of imidazole rings is 1. The summed E-state index contributed by atoms with van der Waals surface area (Å²) >= 11 is 5.88. The van der Waals surface area contributed by atoms with Crippen molar-refractivity contribution in [2.75, 3.05) is 5.32 Å². The standard InChI is InChI=1S/C16H15ClN4O/c1-10-19-14-6-5-11(7-15(14)20-10)9-18-16(22)21-13-4-2-3-12(17)8-13/h2-8H,9H2,1H3,(H,19,20)(H2,18,21,22). The molecule has 0 fully saturated rings. The Hall–Kier alpha value is -2.53. The molecule has 0 spiro atoms. The average Bonchev–Trinajstić information content (AvgIpc) is 2.84. The van der Waals surface area contributed by atoms with Crippen LogP contribution in [-0.4, -0.2) is 16.0 Å². The van der Waals surface area contributed by atoms with E-state index in [-0.39, 0.29) is 6.03 Å². The van der Waals surface area contributed by atoms with Crippen LogP contribution in [0.1, 0.15) is 11.4 Å². The molecule has 3 aromatic rings. The molecular weight excluding hydrogens is 300 g/mol. The molecule has 22 heavy (non-hydrogen) atoms. The van der Waals surface area contributed by atoms with E-state index in [9.17, 15) is 4.79 Å². The molecule has 3 rings (SSSR count). The van der Waals surface area contributed by atoms with Gasteiger partial charge in [0.2, 0.25) is 0 Å². The van der Waals surface area contributed by atoms with Crippen LogP contribution in [0.2, 0.25) is 5.02 Å². The fourth-order valence-corrected chi connectivity index (χ4v) is 2.41. The summed E-state index contributed by atoms with van der Waals surface area (Å²) in [7, 11) is 0. The summed E-state index contributed by atoms with van der Waals surface area (Å²) in [6, 6.07) is 12.6. The van der Waals surface area contributed by atoms with Crippen LogP contribution in [0.25, 0.3) is 11.0 Å². The largest absolute Gasteiger partial charge is 0.342 e. The molecule has 0 radical (unpaired) electrons. The Morgan fingerprint density at radius 1 is 1.27 bits per heavy atom. The van der Waals surface area contributed by atoms with Gasteiger partial charge in [0, 0.05) is 17.3 Å². The summed E-state index contributed by atoms with van der Waals surface area (Å²) in [6.45, 7) is 2.34. The number of nitrogens with zero attached hydrogens (tertiary/aromatic N) is 1. The number of halogens is 1. The highest BCUT2D eigenvalue weighted by Gasteiger charge is 2.04. The molecule has 5 nitrogen and oxygen atoms in total. The lowest BCUT2D eigenvalue weighted by atomic mass is 10.2. The maximum atomic E-state index is 11.9. The first-order valence-electron chi connectivity index (χ1n) is 6.86. The number of aryl methyl sites for hydroxylation is 1. The van der Waals surface area contributed by atoms with Gasteiger partial charge in [0.1, 0.15) is 5.82 Å². The summed E-state index contributed by atoms with van der Waals surface area (Å²) in [4.78, 5) is 19.4. The molecule has 0 saturated heterocycles. The van der Waals surface area contributed by atoms with Crippen LogP contribution in [0.4, 0.5) is 10.5 Å². The number of carbonyl (C=O) groups is 1. The molecule has 1 aromatic heterocycles. The van der Waals surface area contributed by atoms with E-state index in [0.29, 0.717) is 17.3 Å². The minimum absolute atomic E-state index is 0.275. The van der Waals surface area contributed by atoms with Gasteiger partial charge in [-0.15, -0.1) is 0 Å². The third-order valence-electron chi connectivity index (χ3n) is 3.20. The molecule has 0 aliphatic carbocycles. The topological polar surface area (TPSA) is 69.8 Å². The van der Waals surface area contributed by atoms with E-state index >= 15 is 0 Å². The summed E-state index contributed by atoms with van der Waals surface area (Å²) < 4.78 is 0. The van der Waals surface area contributed by atoms with Crippen molar-refractivity contribution >= 4 is 34.4 Å². The maximum Gasteiger partial charge on any atom is 0.319 e. The van der Waals surface area contributed by atoms with Crippen LogP contribution in [0.5, 0.6) is 0 Å². The van der Waals surface area contributed by atoms with Crippen LogP contribution in [0.15, 0.2) is 42.5 Å². The smallest absolute Gasteiger partial charge is 0.319 e. The minimum Gasteiger partial charge on any atom is -0.342 e. The van der Waals surface area contributed by atoms with Crippen LogP contribution in [0.3, 0.4) is 0 Å². The number of urea groups is 1. The quantitative estimate of drug-likeness (QED) is 0.687. The Kier molecular flexibility index (Phi) is 3.98. The number of rotatable bonds is 3. The number of anilines is 1. The molecule has 0 aliphatic rings. The van der Waals surface area contributed by atoms with Gasteiger partial charge in [-0.25, -0.2) is 9.78 Å². The van der Waals surface area contributed by atoms with Gasteiger partial charge in [0.15, 0.2) is 0 Å². The minimum atomic E-state index is -0.275. The lowest BCUT2D eigenvalue weighted by molar-refractivity contribution is 0.251. The summed E-state index contributed by atoms with van der Waals surface area (Å²) in [5.41, 5.74) is 3.54. The first-order valence-corrected chi connectivity index (χ1v) is 7.23. The fraction of sp³-hybridized carbons (Fsp3) is 0.125. The average molecular weight is 315 g/mol. The van der Waals surface area contributed by atoms with Crippen LogP contribution in [-0.2, 0) is 6.54 Å². The number of benzene rings is 2. The van der Waals surface area contributed by atoms with Crippen LogP contribution >= 0.6 is 11.6 Å². The van der Waals surface area contributed by atoms with E-state index in [2.05, 4.69) is 20.6 Å². The number of nitrogens with one attached hydrogen (secondary N) is 3. The number of fused-ring (bicyclic) bond motifs is 1. The number of hydrogen-bond acceptors (Lipinski definition) is 2. The van der Waals surface area contributed by atoms with Crippen molar-refractivity contribution in [1.82, 2.24) is 15.3 Å². The molecule has 2 aromatic carbocycles. The van der Waals surface area contributed by atoms with Crippen molar-refractivity contribution in [1.29, 1.82) is 0 Å². The van der Waals surface area contributed by atoms with Crippen molar-refractivity contribution in [3.05, 3.63) is 58.9 Å². The van der Waals surface area contributed by atoms with Gasteiger partial charge in [0.25, 0.3) is 0 Å².